The quantitative estimate of drug-likeness (QED) is 0.617. The molecular weight excluding hydrogens is 164 g/mol. The van der Waals surface area contributed by atoms with Gasteiger partial charge in [0.2, 0.25) is 0 Å². The SMILES string of the molecule is CC(C)(CO)Nc1ccccc1N. The van der Waals surface area contributed by atoms with Gasteiger partial charge in [-0.1, -0.05) is 12.1 Å². The molecule has 3 heteroatoms. The molecule has 0 aliphatic carbocycles. The summed E-state index contributed by atoms with van der Waals surface area (Å²) in [5, 5.41) is 12.2. The molecule has 0 fully saturated rings. The lowest BCUT2D eigenvalue weighted by molar-refractivity contribution is 0.234. The second kappa shape index (κ2) is 3.66. The maximum atomic E-state index is 9.04. The number of anilines is 2. The highest BCUT2D eigenvalue weighted by atomic mass is 16.3. The van der Waals surface area contributed by atoms with Crippen molar-refractivity contribution in [3.8, 4) is 0 Å². The number of para-hydroxylation sites is 2. The normalized spacial score (nSPS) is 11.3. The Balaban J connectivity index is 2.80. The molecule has 13 heavy (non-hydrogen) atoms. The van der Waals surface area contributed by atoms with Crippen LogP contribution in [0.25, 0.3) is 0 Å². The minimum atomic E-state index is -0.338. The van der Waals surface area contributed by atoms with Crippen LogP contribution in [0.1, 0.15) is 13.8 Å². The summed E-state index contributed by atoms with van der Waals surface area (Å²) >= 11 is 0. The number of aliphatic hydroxyl groups excluding tert-OH is 1. The first kappa shape index (κ1) is 9.86. The first-order valence-corrected chi connectivity index (χ1v) is 4.29. The number of nitrogens with one attached hydrogen (secondary N) is 1. The van der Waals surface area contributed by atoms with Crippen molar-refractivity contribution in [1.82, 2.24) is 0 Å². The zero-order valence-corrected chi connectivity index (χ0v) is 8.04. The summed E-state index contributed by atoms with van der Waals surface area (Å²) in [6.07, 6.45) is 0. The maximum absolute atomic E-state index is 9.04. The predicted octanol–water partition coefficient (Wildman–Crippen LogP) is 1.45. The minimum Gasteiger partial charge on any atom is -0.397 e. The van der Waals surface area contributed by atoms with Crippen molar-refractivity contribution in [1.29, 1.82) is 0 Å². The van der Waals surface area contributed by atoms with Crippen LogP contribution in [0, 0.1) is 0 Å². The molecule has 72 valence electrons. The van der Waals surface area contributed by atoms with Crippen molar-refractivity contribution in [2.75, 3.05) is 17.7 Å². The van der Waals surface area contributed by atoms with E-state index in [0.29, 0.717) is 5.69 Å². The van der Waals surface area contributed by atoms with Gasteiger partial charge in [0.15, 0.2) is 0 Å². The summed E-state index contributed by atoms with van der Waals surface area (Å²) in [5.41, 5.74) is 6.96. The maximum Gasteiger partial charge on any atom is 0.0656 e. The van der Waals surface area contributed by atoms with Crippen LogP contribution in [0.5, 0.6) is 0 Å². The third kappa shape index (κ3) is 2.63. The number of aliphatic hydroxyl groups is 1. The van der Waals surface area contributed by atoms with Crippen LogP contribution in [0.15, 0.2) is 24.3 Å². The Kier molecular flexibility index (Phi) is 2.78. The van der Waals surface area contributed by atoms with Crippen LogP contribution in [0.4, 0.5) is 11.4 Å². The van der Waals surface area contributed by atoms with E-state index in [2.05, 4.69) is 5.32 Å². The molecule has 0 unspecified atom stereocenters. The second-order valence-electron chi connectivity index (χ2n) is 3.75. The van der Waals surface area contributed by atoms with Gasteiger partial charge in [0, 0.05) is 0 Å². The zero-order valence-electron chi connectivity index (χ0n) is 8.04. The van der Waals surface area contributed by atoms with Crippen molar-refractivity contribution in [3.05, 3.63) is 24.3 Å². The van der Waals surface area contributed by atoms with Crippen molar-refractivity contribution >= 4 is 11.4 Å². The molecule has 0 amide bonds. The molecule has 0 heterocycles. The molecule has 0 saturated carbocycles. The summed E-state index contributed by atoms with van der Waals surface area (Å²) in [5.74, 6) is 0. The zero-order chi connectivity index (χ0) is 9.90. The first-order valence-electron chi connectivity index (χ1n) is 4.29. The van der Waals surface area contributed by atoms with E-state index in [4.69, 9.17) is 10.8 Å². The van der Waals surface area contributed by atoms with E-state index >= 15 is 0 Å². The van der Waals surface area contributed by atoms with E-state index in [1.54, 1.807) is 0 Å². The van der Waals surface area contributed by atoms with E-state index in [-0.39, 0.29) is 12.1 Å². The number of hydrogen-bond acceptors (Lipinski definition) is 3. The van der Waals surface area contributed by atoms with Crippen LogP contribution < -0.4 is 11.1 Å². The molecule has 0 spiro atoms. The fourth-order valence-corrected chi connectivity index (χ4v) is 1.01. The molecule has 0 bridgehead atoms. The highest BCUT2D eigenvalue weighted by Gasteiger charge is 2.16. The Morgan fingerprint density at radius 1 is 1.38 bits per heavy atom. The molecule has 0 aliphatic heterocycles. The largest absolute Gasteiger partial charge is 0.397 e. The Morgan fingerprint density at radius 3 is 2.54 bits per heavy atom. The monoisotopic (exact) mass is 180 g/mol. The van der Waals surface area contributed by atoms with Crippen molar-refractivity contribution in [2.45, 2.75) is 19.4 Å². The van der Waals surface area contributed by atoms with Gasteiger partial charge < -0.3 is 16.2 Å². The Bertz CT molecular complexity index is 284. The van der Waals surface area contributed by atoms with Gasteiger partial charge in [-0.05, 0) is 26.0 Å². The average Bonchev–Trinajstić information content (AvgIpc) is 2.09. The molecular formula is C10H16N2O. The van der Waals surface area contributed by atoms with Gasteiger partial charge in [-0.15, -0.1) is 0 Å². The fraction of sp³-hybridized carbons (Fsp3) is 0.400. The average molecular weight is 180 g/mol. The Labute approximate surface area is 78.6 Å². The highest BCUT2D eigenvalue weighted by Crippen LogP contribution is 2.20. The molecule has 1 aromatic carbocycles. The number of rotatable bonds is 3. The summed E-state index contributed by atoms with van der Waals surface area (Å²) in [6, 6.07) is 7.52. The fourth-order valence-electron chi connectivity index (χ4n) is 1.01. The molecule has 3 nitrogen and oxygen atoms in total. The third-order valence-corrected chi connectivity index (χ3v) is 1.83. The number of nitrogens with two attached hydrogens (primary N) is 1. The van der Waals surface area contributed by atoms with E-state index in [1.807, 2.05) is 38.1 Å². The van der Waals surface area contributed by atoms with E-state index in [1.165, 1.54) is 0 Å². The molecule has 0 aliphatic rings. The van der Waals surface area contributed by atoms with Crippen molar-refractivity contribution in [2.24, 2.45) is 0 Å². The molecule has 4 N–H and O–H groups in total. The van der Waals surface area contributed by atoms with Gasteiger partial charge in [0.05, 0.1) is 23.5 Å². The molecule has 0 saturated heterocycles. The van der Waals surface area contributed by atoms with Crippen LogP contribution >= 0.6 is 0 Å². The van der Waals surface area contributed by atoms with Crippen molar-refractivity contribution in [3.63, 3.8) is 0 Å². The van der Waals surface area contributed by atoms with Gasteiger partial charge in [-0.25, -0.2) is 0 Å². The minimum absolute atomic E-state index is 0.0708. The molecule has 1 rings (SSSR count). The highest BCUT2D eigenvalue weighted by molar-refractivity contribution is 5.66. The van der Waals surface area contributed by atoms with Crippen LogP contribution in [-0.4, -0.2) is 17.3 Å². The van der Waals surface area contributed by atoms with Crippen molar-refractivity contribution < 1.29 is 5.11 Å². The molecule has 0 radical (unpaired) electrons. The van der Waals surface area contributed by atoms with E-state index in [0.717, 1.165) is 5.69 Å². The Morgan fingerprint density at radius 2 is 2.00 bits per heavy atom. The molecule has 1 aromatic rings. The number of benzene rings is 1. The summed E-state index contributed by atoms with van der Waals surface area (Å²) in [7, 11) is 0. The van der Waals surface area contributed by atoms with E-state index < -0.39 is 0 Å². The van der Waals surface area contributed by atoms with Gasteiger partial charge in [0.25, 0.3) is 0 Å². The second-order valence-corrected chi connectivity index (χ2v) is 3.75. The van der Waals surface area contributed by atoms with Gasteiger partial charge >= 0.3 is 0 Å². The summed E-state index contributed by atoms with van der Waals surface area (Å²) < 4.78 is 0. The first-order chi connectivity index (χ1) is 6.05. The summed E-state index contributed by atoms with van der Waals surface area (Å²) in [6.45, 7) is 3.90. The van der Waals surface area contributed by atoms with Crippen LogP contribution in [0.3, 0.4) is 0 Å². The lowest BCUT2D eigenvalue weighted by Crippen LogP contribution is -2.35. The van der Waals surface area contributed by atoms with Gasteiger partial charge in [-0.2, -0.15) is 0 Å². The topological polar surface area (TPSA) is 58.3 Å². The molecule has 0 aromatic heterocycles. The number of nitrogen functional groups attached to an aromatic ring is 1. The molecule has 0 atom stereocenters. The van der Waals surface area contributed by atoms with Gasteiger partial charge in [-0.3, -0.25) is 0 Å². The van der Waals surface area contributed by atoms with Crippen LogP contribution in [0.2, 0.25) is 0 Å². The lowest BCUT2D eigenvalue weighted by Gasteiger charge is -2.25. The standard InChI is InChI=1S/C10H16N2O/c1-10(2,7-13)12-9-6-4-3-5-8(9)11/h3-6,12-13H,7,11H2,1-2H3. The van der Waals surface area contributed by atoms with Crippen LogP contribution in [-0.2, 0) is 0 Å². The third-order valence-electron chi connectivity index (χ3n) is 1.83. The predicted molar refractivity (Wildman–Crippen MR) is 55.6 cm³/mol. The lowest BCUT2D eigenvalue weighted by atomic mass is 10.1. The number of hydrogen-bond donors (Lipinski definition) is 3. The smallest absolute Gasteiger partial charge is 0.0656 e. The van der Waals surface area contributed by atoms with Gasteiger partial charge in [0.1, 0.15) is 0 Å². The summed E-state index contributed by atoms with van der Waals surface area (Å²) in [4.78, 5) is 0. The Hall–Kier alpha value is -1.22. The van der Waals surface area contributed by atoms with E-state index in [9.17, 15) is 0 Å².